The molecule has 0 amide bonds. The van der Waals surface area contributed by atoms with Crippen molar-refractivity contribution in [1.29, 1.82) is 0 Å². The predicted octanol–water partition coefficient (Wildman–Crippen LogP) is 4.25. The fraction of sp³-hybridized carbons (Fsp3) is 0.600. The third-order valence-corrected chi connectivity index (χ3v) is 4.39. The molecule has 0 aromatic heterocycles. The molecule has 94 valence electrons. The summed E-state index contributed by atoms with van der Waals surface area (Å²) in [6.07, 6.45) is 5.31. The van der Waals surface area contributed by atoms with Gasteiger partial charge in [0, 0.05) is 16.6 Å². The van der Waals surface area contributed by atoms with Gasteiger partial charge in [-0.05, 0) is 57.4 Å². The molecular weight excluding hydrogens is 274 g/mol. The van der Waals surface area contributed by atoms with Crippen LogP contribution in [0, 0.1) is 0 Å². The lowest BCUT2D eigenvalue weighted by Crippen LogP contribution is -2.44. The first-order valence-electron chi connectivity index (χ1n) is 6.67. The molecule has 2 heteroatoms. The fourth-order valence-electron chi connectivity index (χ4n) is 2.85. The summed E-state index contributed by atoms with van der Waals surface area (Å²) < 4.78 is 1.17. The smallest absolute Gasteiger partial charge is 0.0175 e. The summed E-state index contributed by atoms with van der Waals surface area (Å²) in [7, 11) is 0. The van der Waals surface area contributed by atoms with Gasteiger partial charge in [-0.1, -0.05) is 34.5 Å². The van der Waals surface area contributed by atoms with E-state index < -0.39 is 0 Å². The molecule has 0 spiro atoms. The zero-order valence-electron chi connectivity index (χ0n) is 10.8. The minimum absolute atomic E-state index is 0.659. The standard InChI is InChI=1S/C15H22BrN/c1-12-5-3-4-10-17(12)13(2)11-14-6-8-15(16)9-7-14/h6-9,12-13H,3-5,10-11H2,1-2H3. The van der Waals surface area contributed by atoms with Crippen LogP contribution in [0.25, 0.3) is 0 Å². The Kier molecular flexibility index (Phi) is 4.63. The van der Waals surface area contributed by atoms with Gasteiger partial charge in [-0.2, -0.15) is 0 Å². The van der Waals surface area contributed by atoms with Crippen molar-refractivity contribution in [2.45, 2.75) is 51.6 Å². The number of hydrogen-bond acceptors (Lipinski definition) is 1. The molecule has 1 saturated heterocycles. The molecule has 1 aromatic rings. The monoisotopic (exact) mass is 295 g/mol. The van der Waals surface area contributed by atoms with Crippen LogP contribution >= 0.6 is 15.9 Å². The molecule has 1 aliphatic heterocycles. The topological polar surface area (TPSA) is 3.24 Å². The zero-order chi connectivity index (χ0) is 12.3. The minimum atomic E-state index is 0.659. The molecule has 1 aliphatic rings. The number of piperidine rings is 1. The van der Waals surface area contributed by atoms with Gasteiger partial charge in [0.25, 0.3) is 0 Å². The highest BCUT2D eigenvalue weighted by molar-refractivity contribution is 9.10. The van der Waals surface area contributed by atoms with E-state index in [9.17, 15) is 0 Å². The van der Waals surface area contributed by atoms with Gasteiger partial charge in [0.05, 0.1) is 0 Å². The van der Waals surface area contributed by atoms with Gasteiger partial charge in [-0.25, -0.2) is 0 Å². The Morgan fingerprint density at radius 3 is 2.65 bits per heavy atom. The van der Waals surface area contributed by atoms with E-state index in [4.69, 9.17) is 0 Å². The summed E-state index contributed by atoms with van der Waals surface area (Å²) in [4.78, 5) is 2.67. The Balaban J connectivity index is 1.95. The first kappa shape index (κ1) is 13.1. The van der Waals surface area contributed by atoms with Crippen molar-refractivity contribution in [2.75, 3.05) is 6.54 Å². The molecule has 0 saturated carbocycles. The van der Waals surface area contributed by atoms with E-state index in [1.54, 1.807) is 0 Å². The maximum absolute atomic E-state index is 3.49. The van der Waals surface area contributed by atoms with Gasteiger partial charge in [-0.3, -0.25) is 4.90 Å². The molecule has 0 N–H and O–H groups in total. The molecule has 2 rings (SSSR count). The lowest BCUT2D eigenvalue weighted by atomic mass is 9.98. The number of benzene rings is 1. The summed E-state index contributed by atoms with van der Waals surface area (Å²) in [5.41, 5.74) is 1.44. The van der Waals surface area contributed by atoms with Crippen molar-refractivity contribution in [2.24, 2.45) is 0 Å². The van der Waals surface area contributed by atoms with E-state index in [1.165, 1.54) is 35.8 Å². The number of nitrogens with zero attached hydrogens (tertiary/aromatic N) is 1. The summed E-state index contributed by atoms with van der Waals surface area (Å²) in [6.45, 7) is 6.01. The third kappa shape index (κ3) is 3.56. The largest absolute Gasteiger partial charge is 0.298 e. The highest BCUT2D eigenvalue weighted by Gasteiger charge is 2.22. The summed E-state index contributed by atoms with van der Waals surface area (Å²) in [5.74, 6) is 0. The minimum Gasteiger partial charge on any atom is -0.298 e. The van der Waals surface area contributed by atoms with Crippen LogP contribution in [0.15, 0.2) is 28.7 Å². The van der Waals surface area contributed by atoms with Crippen LogP contribution in [0.2, 0.25) is 0 Å². The average Bonchev–Trinajstić information content (AvgIpc) is 2.32. The van der Waals surface area contributed by atoms with E-state index in [2.05, 4.69) is 58.9 Å². The van der Waals surface area contributed by atoms with Gasteiger partial charge in [-0.15, -0.1) is 0 Å². The molecule has 0 radical (unpaired) electrons. The van der Waals surface area contributed by atoms with Gasteiger partial charge in [0.1, 0.15) is 0 Å². The van der Waals surface area contributed by atoms with Gasteiger partial charge < -0.3 is 0 Å². The molecule has 17 heavy (non-hydrogen) atoms. The van der Waals surface area contributed by atoms with E-state index in [0.29, 0.717) is 6.04 Å². The van der Waals surface area contributed by atoms with Crippen molar-refractivity contribution in [3.05, 3.63) is 34.3 Å². The SMILES string of the molecule is CC1CCCCN1C(C)Cc1ccc(Br)cc1. The molecule has 1 heterocycles. The number of likely N-dealkylation sites (tertiary alicyclic amines) is 1. The van der Waals surface area contributed by atoms with Crippen LogP contribution in [0.1, 0.15) is 38.7 Å². The summed E-state index contributed by atoms with van der Waals surface area (Å²) >= 11 is 3.49. The molecule has 2 atom stereocenters. The van der Waals surface area contributed by atoms with Crippen molar-refractivity contribution in [1.82, 2.24) is 4.90 Å². The van der Waals surface area contributed by atoms with Crippen molar-refractivity contribution in [3.63, 3.8) is 0 Å². The highest BCUT2D eigenvalue weighted by Crippen LogP contribution is 2.21. The number of rotatable bonds is 3. The second-order valence-corrected chi connectivity index (χ2v) is 6.18. The Morgan fingerprint density at radius 1 is 1.29 bits per heavy atom. The second-order valence-electron chi connectivity index (χ2n) is 5.26. The maximum Gasteiger partial charge on any atom is 0.0175 e. The van der Waals surface area contributed by atoms with Crippen LogP contribution in [0.4, 0.5) is 0 Å². The van der Waals surface area contributed by atoms with Crippen LogP contribution in [0.5, 0.6) is 0 Å². The lowest BCUT2D eigenvalue weighted by Gasteiger charge is -2.38. The molecule has 1 fully saturated rings. The van der Waals surface area contributed by atoms with Crippen LogP contribution in [0.3, 0.4) is 0 Å². The van der Waals surface area contributed by atoms with Crippen molar-refractivity contribution < 1.29 is 0 Å². The lowest BCUT2D eigenvalue weighted by molar-refractivity contribution is 0.114. The predicted molar refractivity (Wildman–Crippen MR) is 77.3 cm³/mol. The van der Waals surface area contributed by atoms with Crippen LogP contribution in [-0.4, -0.2) is 23.5 Å². The normalized spacial score (nSPS) is 23.6. The van der Waals surface area contributed by atoms with Crippen LogP contribution in [-0.2, 0) is 6.42 Å². The Hall–Kier alpha value is -0.340. The summed E-state index contributed by atoms with van der Waals surface area (Å²) in [6, 6.07) is 10.2. The second kappa shape index (κ2) is 6.01. The first-order chi connectivity index (χ1) is 8.16. The Bertz CT molecular complexity index is 346. The van der Waals surface area contributed by atoms with E-state index in [0.717, 1.165) is 12.5 Å². The number of halogens is 1. The first-order valence-corrected chi connectivity index (χ1v) is 7.46. The van der Waals surface area contributed by atoms with Crippen molar-refractivity contribution in [3.8, 4) is 0 Å². The third-order valence-electron chi connectivity index (χ3n) is 3.86. The molecule has 2 unspecified atom stereocenters. The number of hydrogen-bond donors (Lipinski definition) is 0. The Labute approximate surface area is 113 Å². The average molecular weight is 296 g/mol. The highest BCUT2D eigenvalue weighted by atomic mass is 79.9. The fourth-order valence-corrected chi connectivity index (χ4v) is 3.12. The van der Waals surface area contributed by atoms with Gasteiger partial charge in [0.15, 0.2) is 0 Å². The molecule has 1 aromatic carbocycles. The summed E-state index contributed by atoms with van der Waals surface area (Å²) in [5, 5.41) is 0. The van der Waals surface area contributed by atoms with Crippen LogP contribution < -0.4 is 0 Å². The van der Waals surface area contributed by atoms with E-state index in [-0.39, 0.29) is 0 Å². The zero-order valence-corrected chi connectivity index (χ0v) is 12.4. The molecule has 0 aliphatic carbocycles. The molecule has 0 bridgehead atoms. The maximum atomic E-state index is 3.49. The Morgan fingerprint density at radius 2 is 2.00 bits per heavy atom. The van der Waals surface area contributed by atoms with E-state index >= 15 is 0 Å². The quantitative estimate of drug-likeness (QED) is 0.806. The molecular formula is C15H22BrN. The molecule has 1 nitrogen and oxygen atoms in total. The van der Waals surface area contributed by atoms with Crippen molar-refractivity contribution >= 4 is 15.9 Å². The van der Waals surface area contributed by atoms with E-state index in [1.807, 2.05) is 0 Å². The van der Waals surface area contributed by atoms with Gasteiger partial charge >= 0.3 is 0 Å². The van der Waals surface area contributed by atoms with Gasteiger partial charge in [0.2, 0.25) is 0 Å².